The molecule has 4 heteroatoms. The van der Waals surface area contributed by atoms with Gasteiger partial charge in [0.1, 0.15) is 14.7 Å². The van der Waals surface area contributed by atoms with Crippen molar-refractivity contribution >= 4 is 33.6 Å². The minimum atomic E-state index is 0.0616. The highest BCUT2D eigenvalue weighted by Crippen LogP contribution is 2.44. The van der Waals surface area contributed by atoms with Crippen LogP contribution in [0, 0.1) is 6.92 Å². The fraction of sp³-hybridized carbons (Fsp3) is 0.176. The van der Waals surface area contributed by atoms with Crippen LogP contribution in [0.4, 0.5) is 0 Å². The van der Waals surface area contributed by atoms with Gasteiger partial charge in [0, 0.05) is 11.1 Å². The van der Waals surface area contributed by atoms with Crippen LogP contribution >= 0.6 is 23.5 Å². The van der Waals surface area contributed by atoms with Crippen LogP contribution in [0.5, 0.6) is 0 Å². The van der Waals surface area contributed by atoms with Crippen molar-refractivity contribution in [1.29, 1.82) is 0 Å². The summed E-state index contributed by atoms with van der Waals surface area (Å²) in [5.41, 5.74) is 3.68. The molecular formula is C17H14N2S2. The molecule has 0 saturated carbocycles. The molecule has 2 aromatic carbocycles. The number of hydrogen-bond acceptors (Lipinski definition) is 4. The van der Waals surface area contributed by atoms with Crippen LogP contribution in [0.15, 0.2) is 64.6 Å². The van der Waals surface area contributed by atoms with Gasteiger partial charge in [0.05, 0.1) is 0 Å². The molecule has 0 saturated heterocycles. The number of aliphatic imine (C=N–C) groups is 2. The molecule has 2 heterocycles. The Morgan fingerprint density at radius 2 is 1.33 bits per heavy atom. The Hall–Kier alpha value is -1.52. The summed E-state index contributed by atoms with van der Waals surface area (Å²) in [6, 6.07) is 18.9. The second kappa shape index (κ2) is 5.35. The van der Waals surface area contributed by atoms with E-state index in [1.807, 2.05) is 29.6 Å². The molecule has 2 nitrogen and oxygen atoms in total. The molecule has 2 aromatic rings. The van der Waals surface area contributed by atoms with Gasteiger partial charge in [0.15, 0.2) is 6.17 Å². The SMILES string of the molecule is Cc1ccc(C2=NC3N=C(c4ccccc4)SC3S2)cc1. The largest absolute Gasteiger partial charge is 0.249 e. The Morgan fingerprint density at radius 3 is 1.90 bits per heavy atom. The molecule has 0 fully saturated rings. The van der Waals surface area contributed by atoms with Crippen molar-refractivity contribution < 1.29 is 0 Å². The van der Waals surface area contributed by atoms with Gasteiger partial charge in [-0.15, -0.1) is 0 Å². The predicted octanol–water partition coefficient (Wildman–Crippen LogP) is 4.33. The molecule has 2 unspecified atom stereocenters. The van der Waals surface area contributed by atoms with Crippen LogP contribution in [0.1, 0.15) is 16.7 Å². The van der Waals surface area contributed by atoms with Crippen LogP contribution in [-0.4, -0.2) is 20.8 Å². The molecule has 0 aromatic heterocycles. The number of nitrogens with zero attached hydrogens (tertiary/aromatic N) is 2. The molecule has 0 spiro atoms. The number of hydrogen-bond donors (Lipinski definition) is 0. The maximum atomic E-state index is 4.80. The van der Waals surface area contributed by atoms with E-state index in [0.29, 0.717) is 4.58 Å². The molecule has 104 valence electrons. The minimum Gasteiger partial charge on any atom is -0.249 e. The van der Waals surface area contributed by atoms with Crippen molar-refractivity contribution in [3.05, 3.63) is 71.3 Å². The first-order valence-electron chi connectivity index (χ1n) is 6.91. The highest BCUT2D eigenvalue weighted by molar-refractivity contribution is 8.31. The van der Waals surface area contributed by atoms with Crippen molar-refractivity contribution in [2.75, 3.05) is 0 Å². The number of fused-ring (bicyclic) bond motifs is 1. The summed E-state index contributed by atoms with van der Waals surface area (Å²) in [7, 11) is 0. The second-order valence-corrected chi connectivity index (χ2v) is 7.68. The van der Waals surface area contributed by atoms with Gasteiger partial charge in [-0.3, -0.25) is 0 Å². The summed E-state index contributed by atoms with van der Waals surface area (Å²) in [6.45, 7) is 2.11. The Balaban J connectivity index is 1.59. The van der Waals surface area contributed by atoms with Crippen LogP contribution in [0.25, 0.3) is 0 Å². The summed E-state index contributed by atoms with van der Waals surface area (Å²) >= 11 is 3.67. The van der Waals surface area contributed by atoms with Crippen molar-refractivity contribution in [3.63, 3.8) is 0 Å². The van der Waals surface area contributed by atoms with Crippen molar-refractivity contribution in [2.24, 2.45) is 9.98 Å². The van der Waals surface area contributed by atoms with E-state index < -0.39 is 0 Å². The summed E-state index contributed by atoms with van der Waals surface area (Å²) in [5.74, 6) is 0. The first-order chi connectivity index (χ1) is 10.3. The van der Waals surface area contributed by atoms with Gasteiger partial charge >= 0.3 is 0 Å². The van der Waals surface area contributed by atoms with Crippen LogP contribution in [0.2, 0.25) is 0 Å². The maximum absolute atomic E-state index is 4.80. The third kappa shape index (κ3) is 2.54. The van der Waals surface area contributed by atoms with E-state index in [1.54, 1.807) is 0 Å². The molecule has 0 N–H and O–H groups in total. The third-order valence-electron chi connectivity index (χ3n) is 3.52. The summed E-state index contributed by atoms with van der Waals surface area (Å²) < 4.78 is 0.386. The topological polar surface area (TPSA) is 24.7 Å². The smallest absolute Gasteiger partial charge is 0.163 e. The lowest BCUT2D eigenvalue weighted by atomic mass is 10.2. The van der Waals surface area contributed by atoms with Gasteiger partial charge in [0.2, 0.25) is 0 Å². The molecule has 0 bridgehead atoms. The Kier molecular flexibility index (Phi) is 3.36. The molecule has 2 atom stereocenters. The van der Waals surface area contributed by atoms with Gasteiger partial charge in [0.25, 0.3) is 0 Å². The van der Waals surface area contributed by atoms with E-state index >= 15 is 0 Å². The van der Waals surface area contributed by atoms with Crippen molar-refractivity contribution in [1.82, 2.24) is 0 Å². The van der Waals surface area contributed by atoms with E-state index in [1.165, 1.54) is 16.7 Å². The average molecular weight is 310 g/mol. The van der Waals surface area contributed by atoms with E-state index in [9.17, 15) is 0 Å². The maximum Gasteiger partial charge on any atom is 0.163 e. The lowest BCUT2D eigenvalue weighted by molar-refractivity contribution is 0.809. The first kappa shape index (κ1) is 13.2. The summed E-state index contributed by atoms with van der Waals surface area (Å²) in [5, 5.41) is 2.23. The average Bonchev–Trinajstić information content (AvgIpc) is 3.07. The molecule has 0 radical (unpaired) electrons. The molecule has 2 aliphatic heterocycles. The molecule has 2 aliphatic rings. The zero-order valence-electron chi connectivity index (χ0n) is 11.6. The summed E-state index contributed by atoms with van der Waals surface area (Å²) in [4.78, 5) is 9.58. The highest BCUT2D eigenvalue weighted by Gasteiger charge is 2.37. The van der Waals surface area contributed by atoms with Gasteiger partial charge in [-0.1, -0.05) is 83.7 Å². The van der Waals surface area contributed by atoms with Crippen LogP contribution < -0.4 is 0 Å². The van der Waals surface area contributed by atoms with Crippen molar-refractivity contribution in [3.8, 4) is 0 Å². The second-order valence-electron chi connectivity index (χ2n) is 5.12. The first-order valence-corrected chi connectivity index (χ1v) is 8.67. The third-order valence-corrected chi connectivity index (χ3v) is 6.17. The predicted molar refractivity (Wildman–Crippen MR) is 93.5 cm³/mol. The van der Waals surface area contributed by atoms with Gasteiger partial charge < -0.3 is 0 Å². The fourth-order valence-electron chi connectivity index (χ4n) is 2.38. The minimum absolute atomic E-state index is 0.0616. The van der Waals surface area contributed by atoms with Crippen molar-refractivity contribution in [2.45, 2.75) is 17.7 Å². The quantitative estimate of drug-likeness (QED) is 0.824. The van der Waals surface area contributed by atoms with Crippen LogP contribution in [0.3, 0.4) is 0 Å². The van der Waals surface area contributed by atoms with Gasteiger partial charge in [-0.25, -0.2) is 9.98 Å². The fourth-order valence-corrected chi connectivity index (χ4v) is 4.93. The lowest BCUT2D eigenvalue weighted by Crippen LogP contribution is -2.03. The normalized spacial score (nSPS) is 23.7. The van der Waals surface area contributed by atoms with E-state index in [4.69, 9.17) is 9.98 Å². The monoisotopic (exact) mass is 310 g/mol. The van der Waals surface area contributed by atoms with E-state index in [2.05, 4.69) is 55.5 Å². The summed E-state index contributed by atoms with van der Waals surface area (Å²) in [6.07, 6.45) is 0.0616. The lowest BCUT2D eigenvalue weighted by Gasteiger charge is -2.05. The highest BCUT2D eigenvalue weighted by atomic mass is 32.2. The molecular weight excluding hydrogens is 296 g/mol. The zero-order chi connectivity index (χ0) is 14.2. The standard InChI is InChI=1S/C17H14N2S2/c1-11-7-9-13(10-8-11)16-19-14-17(21-16)20-15(18-14)12-5-3-2-4-6-12/h2-10,14,17H,1H3. The Labute approximate surface area is 132 Å². The van der Waals surface area contributed by atoms with Gasteiger partial charge in [-0.2, -0.15) is 0 Å². The number of rotatable bonds is 2. The Bertz CT molecular complexity index is 720. The number of thioether (sulfide) groups is 2. The molecule has 0 aliphatic carbocycles. The Morgan fingerprint density at radius 1 is 0.762 bits per heavy atom. The van der Waals surface area contributed by atoms with E-state index in [-0.39, 0.29) is 6.17 Å². The number of aryl methyl sites for hydroxylation is 1. The van der Waals surface area contributed by atoms with E-state index in [0.717, 1.165) is 10.1 Å². The van der Waals surface area contributed by atoms with Gasteiger partial charge in [-0.05, 0) is 6.92 Å². The van der Waals surface area contributed by atoms with Crippen LogP contribution in [-0.2, 0) is 0 Å². The molecule has 21 heavy (non-hydrogen) atoms. The number of benzene rings is 2. The molecule has 0 amide bonds. The zero-order valence-corrected chi connectivity index (χ0v) is 13.2. The molecule has 4 rings (SSSR count).